The van der Waals surface area contributed by atoms with Gasteiger partial charge in [-0.15, -0.1) is 0 Å². The van der Waals surface area contributed by atoms with Gasteiger partial charge < -0.3 is 10.0 Å². The maximum Gasteiger partial charge on any atom is 0.433 e. The second-order valence-electron chi connectivity index (χ2n) is 4.78. The molecule has 1 aromatic heterocycles. The van der Waals surface area contributed by atoms with Crippen LogP contribution in [0.4, 0.5) is 13.2 Å². The summed E-state index contributed by atoms with van der Waals surface area (Å²) in [4.78, 5) is 27.7. The normalized spacial score (nSPS) is 19.4. The molecule has 2 heterocycles. The predicted molar refractivity (Wildman–Crippen MR) is 65.6 cm³/mol. The zero-order chi connectivity index (χ0) is 15.6. The fraction of sp³-hybridized carbons (Fsp3) is 0.462. The molecule has 21 heavy (non-hydrogen) atoms. The molecule has 1 atom stereocenters. The summed E-state index contributed by atoms with van der Waals surface area (Å²) >= 11 is 0. The van der Waals surface area contributed by atoms with Crippen LogP contribution in [0.1, 0.15) is 35.3 Å². The summed E-state index contributed by atoms with van der Waals surface area (Å²) in [6.07, 6.45) is -2.03. The van der Waals surface area contributed by atoms with Crippen LogP contribution in [-0.4, -0.2) is 39.5 Å². The summed E-state index contributed by atoms with van der Waals surface area (Å²) in [6.45, 7) is 0.275. The first-order valence-electron chi connectivity index (χ1n) is 6.37. The topological polar surface area (TPSA) is 70.5 Å². The van der Waals surface area contributed by atoms with Crippen LogP contribution in [0.2, 0.25) is 0 Å². The van der Waals surface area contributed by atoms with Crippen molar-refractivity contribution in [3.05, 3.63) is 29.6 Å². The van der Waals surface area contributed by atoms with E-state index in [0.717, 1.165) is 12.3 Å². The molecule has 1 N–H and O–H groups in total. The number of hydrogen-bond acceptors (Lipinski definition) is 3. The molecule has 1 fully saturated rings. The van der Waals surface area contributed by atoms with Gasteiger partial charge in [-0.3, -0.25) is 9.78 Å². The van der Waals surface area contributed by atoms with Gasteiger partial charge in [0, 0.05) is 12.7 Å². The fourth-order valence-electron chi connectivity index (χ4n) is 2.29. The number of carboxylic acids is 1. The van der Waals surface area contributed by atoms with Crippen LogP contribution in [0.3, 0.4) is 0 Å². The van der Waals surface area contributed by atoms with Gasteiger partial charge in [-0.2, -0.15) is 13.2 Å². The standard InChI is InChI=1S/C13H13F3N2O3/c14-13(15,16)10-5-4-8(7-17-10)11(19)18-6-2-1-3-9(18)12(20)21/h4-5,7,9H,1-3,6H2,(H,20,21)/t9-/m0/s1. The minimum absolute atomic E-state index is 0.0452. The molecule has 0 radical (unpaired) electrons. The van der Waals surface area contributed by atoms with E-state index in [0.29, 0.717) is 25.3 Å². The molecular weight excluding hydrogens is 289 g/mol. The lowest BCUT2D eigenvalue weighted by Crippen LogP contribution is -2.48. The van der Waals surface area contributed by atoms with Crippen LogP contribution >= 0.6 is 0 Å². The number of carboxylic acid groups (broad SMARTS) is 1. The Balaban J connectivity index is 2.20. The largest absolute Gasteiger partial charge is 0.480 e. The third-order valence-corrected chi connectivity index (χ3v) is 3.35. The molecule has 0 unspecified atom stereocenters. The second kappa shape index (κ2) is 5.71. The monoisotopic (exact) mass is 302 g/mol. The van der Waals surface area contributed by atoms with Crippen LogP contribution in [-0.2, 0) is 11.0 Å². The van der Waals surface area contributed by atoms with Crippen molar-refractivity contribution in [2.45, 2.75) is 31.5 Å². The number of amides is 1. The van der Waals surface area contributed by atoms with Crippen molar-refractivity contribution in [2.75, 3.05) is 6.54 Å². The number of hydrogen-bond donors (Lipinski definition) is 1. The molecule has 1 saturated heterocycles. The lowest BCUT2D eigenvalue weighted by Gasteiger charge is -2.32. The Hall–Kier alpha value is -2.12. The van der Waals surface area contributed by atoms with Gasteiger partial charge in [-0.05, 0) is 31.4 Å². The van der Waals surface area contributed by atoms with E-state index in [-0.39, 0.29) is 12.1 Å². The predicted octanol–water partition coefficient (Wildman–Crippen LogP) is 2.18. The number of pyridine rings is 1. The fourth-order valence-corrected chi connectivity index (χ4v) is 2.29. The third kappa shape index (κ3) is 3.32. The zero-order valence-electron chi connectivity index (χ0n) is 10.9. The van der Waals surface area contributed by atoms with Crippen molar-refractivity contribution in [1.29, 1.82) is 0 Å². The Morgan fingerprint density at radius 1 is 1.29 bits per heavy atom. The molecule has 1 aliphatic rings. The SMILES string of the molecule is O=C(O)[C@@H]1CCCCN1C(=O)c1ccc(C(F)(F)F)nc1. The molecule has 1 aliphatic heterocycles. The number of nitrogens with zero attached hydrogens (tertiary/aromatic N) is 2. The van der Waals surface area contributed by atoms with E-state index in [2.05, 4.69) is 4.98 Å². The van der Waals surface area contributed by atoms with Crippen LogP contribution in [0, 0.1) is 0 Å². The van der Waals surface area contributed by atoms with E-state index in [9.17, 15) is 22.8 Å². The Morgan fingerprint density at radius 3 is 2.52 bits per heavy atom. The Labute approximate surface area is 118 Å². The Morgan fingerprint density at radius 2 is 2.00 bits per heavy atom. The van der Waals surface area contributed by atoms with Crippen molar-refractivity contribution in [3.63, 3.8) is 0 Å². The number of rotatable bonds is 2. The average Bonchev–Trinajstić information content (AvgIpc) is 2.45. The summed E-state index contributed by atoms with van der Waals surface area (Å²) in [5, 5.41) is 9.10. The first-order valence-corrected chi connectivity index (χ1v) is 6.37. The van der Waals surface area contributed by atoms with Gasteiger partial charge in [0.05, 0.1) is 5.56 Å². The third-order valence-electron chi connectivity index (χ3n) is 3.35. The number of alkyl halides is 3. The van der Waals surface area contributed by atoms with Gasteiger partial charge in [0.15, 0.2) is 0 Å². The molecule has 1 aromatic rings. The highest BCUT2D eigenvalue weighted by Gasteiger charge is 2.34. The number of aromatic nitrogens is 1. The summed E-state index contributed by atoms with van der Waals surface area (Å²) in [5.74, 6) is -1.72. The lowest BCUT2D eigenvalue weighted by atomic mass is 10.0. The van der Waals surface area contributed by atoms with E-state index >= 15 is 0 Å². The minimum atomic E-state index is -4.57. The van der Waals surface area contributed by atoms with Crippen LogP contribution < -0.4 is 0 Å². The molecule has 0 saturated carbocycles. The van der Waals surface area contributed by atoms with Crippen molar-refractivity contribution < 1.29 is 27.9 Å². The van der Waals surface area contributed by atoms with Crippen molar-refractivity contribution >= 4 is 11.9 Å². The van der Waals surface area contributed by atoms with Gasteiger partial charge in [0.1, 0.15) is 11.7 Å². The molecule has 0 spiro atoms. The average molecular weight is 302 g/mol. The zero-order valence-corrected chi connectivity index (χ0v) is 10.9. The van der Waals surface area contributed by atoms with Crippen molar-refractivity contribution in [2.24, 2.45) is 0 Å². The quantitative estimate of drug-likeness (QED) is 0.909. The highest BCUT2D eigenvalue weighted by atomic mass is 19.4. The van der Waals surface area contributed by atoms with Gasteiger partial charge in [-0.1, -0.05) is 0 Å². The van der Waals surface area contributed by atoms with Gasteiger partial charge in [0.2, 0.25) is 0 Å². The number of halogens is 3. The van der Waals surface area contributed by atoms with Gasteiger partial charge in [0.25, 0.3) is 5.91 Å². The van der Waals surface area contributed by atoms with Gasteiger partial charge in [-0.25, -0.2) is 4.79 Å². The van der Waals surface area contributed by atoms with Crippen LogP contribution in [0.25, 0.3) is 0 Å². The molecule has 2 rings (SSSR count). The number of aliphatic carboxylic acids is 1. The summed E-state index contributed by atoms with van der Waals surface area (Å²) in [5.41, 5.74) is -1.14. The van der Waals surface area contributed by atoms with Crippen LogP contribution in [0.5, 0.6) is 0 Å². The van der Waals surface area contributed by atoms with Crippen LogP contribution in [0.15, 0.2) is 18.3 Å². The van der Waals surface area contributed by atoms with E-state index in [4.69, 9.17) is 5.11 Å². The molecular formula is C13H13F3N2O3. The van der Waals surface area contributed by atoms with Gasteiger partial charge >= 0.3 is 12.1 Å². The minimum Gasteiger partial charge on any atom is -0.480 e. The Kier molecular flexibility index (Phi) is 4.15. The summed E-state index contributed by atoms with van der Waals surface area (Å²) in [7, 11) is 0. The molecule has 0 aliphatic carbocycles. The smallest absolute Gasteiger partial charge is 0.433 e. The number of carbonyl (C=O) groups excluding carboxylic acids is 1. The van der Waals surface area contributed by atoms with E-state index in [1.807, 2.05) is 0 Å². The lowest BCUT2D eigenvalue weighted by molar-refractivity contribution is -0.143. The maximum absolute atomic E-state index is 12.4. The number of piperidine rings is 1. The first kappa shape index (κ1) is 15.3. The van der Waals surface area contributed by atoms with Crippen molar-refractivity contribution in [3.8, 4) is 0 Å². The second-order valence-corrected chi connectivity index (χ2v) is 4.78. The highest BCUT2D eigenvalue weighted by Crippen LogP contribution is 2.27. The Bertz CT molecular complexity index is 543. The van der Waals surface area contributed by atoms with E-state index in [1.54, 1.807) is 0 Å². The van der Waals surface area contributed by atoms with E-state index in [1.165, 1.54) is 4.90 Å². The molecule has 114 valence electrons. The molecule has 0 aromatic carbocycles. The highest BCUT2D eigenvalue weighted by molar-refractivity contribution is 5.96. The van der Waals surface area contributed by atoms with Crippen molar-refractivity contribution in [1.82, 2.24) is 9.88 Å². The first-order chi connectivity index (χ1) is 9.80. The molecule has 1 amide bonds. The summed E-state index contributed by atoms with van der Waals surface area (Å²) in [6, 6.07) is 0.798. The van der Waals surface area contributed by atoms with E-state index < -0.39 is 29.8 Å². The molecule has 0 bridgehead atoms. The molecule has 5 nitrogen and oxygen atoms in total. The molecule has 8 heteroatoms. The maximum atomic E-state index is 12.4. The number of carbonyl (C=O) groups is 2. The summed E-state index contributed by atoms with van der Waals surface area (Å²) < 4.78 is 37.2. The number of likely N-dealkylation sites (tertiary alicyclic amines) is 1.